The summed E-state index contributed by atoms with van der Waals surface area (Å²) in [7, 11) is 0. The van der Waals surface area contributed by atoms with E-state index in [0.717, 1.165) is 11.1 Å². The van der Waals surface area contributed by atoms with Gasteiger partial charge in [-0.25, -0.2) is 9.37 Å². The Morgan fingerprint density at radius 3 is 2.41 bits per heavy atom. The standard InChI is InChI=1S/C23H22FN3O2/c1-16-2-4-17(5-3-16)20(18-6-8-19(24)9-7-18)10-12-27-13-11-26-23(27)14-21(28)22(29)15-25/h2-9,11,13-15,20,25,28H,10,12H2,1H3/b21-14-,25-15?/t20-/m1/s1. The van der Waals surface area contributed by atoms with Crippen LogP contribution < -0.4 is 0 Å². The van der Waals surface area contributed by atoms with Gasteiger partial charge in [0.25, 0.3) is 0 Å². The molecular weight excluding hydrogens is 369 g/mol. The van der Waals surface area contributed by atoms with Gasteiger partial charge in [0, 0.05) is 30.9 Å². The van der Waals surface area contributed by atoms with Gasteiger partial charge in [0.05, 0.1) is 6.21 Å². The fraction of sp³-hybridized carbons (Fsp3) is 0.174. The summed E-state index contributed by atoms with van der Waals surface area (Å²) in [4.78, 5) is 15.6. The van der Waals surface area contributed by atoms with Crippen LogP contribution in [0.25, 0.3) is 6.08 Å². The number of aliphatic hydroxyl groups excluding tert-OH is 1. The van der Waals surface area contributed by atoms with Crippen molar-refractivity contribution in [3.8, 4) is 0 Å². The lowest BCUT2D eigenvalue weighted by Gasteiger charge is -2.19. The van der Waals surface area contributed by atoms with E-state index in [1.807, 2.05) is 11.5 Å². The largest absolute Gasteiger partial charge is 0.504 e. The minimum Gasteiger partial charge on any atom is -0.504 e. The average Bonchev–Trinajstić information content (AvgIpc) is 3.16. The average molecular weight is 391 g/mol. The van der Waals surface area contributed by atoms with Gasteiger partial charge in [0.1, 0.15) is 11.6 Å². The first-order valence-electron chi connectivity index (χ1n) is 9.26. The van der Waals surface area contributed by atoms with Gasteiger partial charge in [-0.05, 0) is 36.6 Å². The maximum Gasteiger partial charge on any atom is 0.237 e. The number of Topliss-reactive ketones (excluding diaryl/α,β-unsaturated/α-hetero) is 1. The van der Waals surface area contributed by atoms with E-state index in [-0.39, 0.29) is 11.7 Å². The zero-order valence-electron chi connectivity index (χ0n) is 16.0. The molecule has 0 unspecified atom stereocenters. The smallest absolute Gasteiger partial charge is 0.237 e. The van der Waals surface area contributed by atoms with E-state index in [2.05, 4.69) is 29.2 Å². The Morgan fingerprint density at radius 1 is 1.17 bits per heavy atom. The molecule has 0 radical (unpaired) electrons. The molecule has 148 valence electrons. The van der Waals surface area contributed by atoms with Crippen molar-refractivity contribution >= 4 is 18.1 Å². The third kappa shape index (κ3) is 5.04. The fourth-order valence-electron chi connectivity index (χ4n) is 3.21. The van der Waals surface area contributed by atoms with Crippen LogP contribution in [0.15, 0.2) is 66.7 Å². The second-order valence-corrected chi connectivity index (χ2v) is 6.82. The molecule has 0 aliphatic carbocycles. The van der Waals surface area contributed by atoms with E-state index in [0.29, 0.717) is 25.0 Å². The van der Waals surface area contributed by atoms with Crippen LogP contribution in [0.1, 0.15) is 34.9 Å². The number of benzene rings is 2. The molecule has 1 atom stereocenters. The second kappa shape index (κ2) is 9.10. The molecule has 3 aromatic rings. The number of halogens is 1. The highest BCUT2D eigenvalue weighted by Gasteiger charge is 2.16. The van der Waals surface area contributed by atoms with E-state index in [9.17, 15) is 14.3 Å². The quantitative estimate of drug-likeness (QED) is 0.333. The van der Waals surface area contributed by atoms with Gasteiger partial charge < -0.3 is 15.1 Å². The third-order valence-corrected chi connectivity index (χ3v) is 4.81. The summed E-state index contributed by atoms with van der Waals surface area (Å²) < 4.78 is 15.2. The predicted molar refractivity (Wildman–Crippen MR) is 111 cm³/mol. The molecule has 0 saturated heterocycles. The number of nitrogens with one attached hydrogen (secondary N) is 1. The first-order chi connectivity index (χ1) is 14.0. The molecule has 3 rings (SSSR count). The summed E-state index contributed by atoms with van der Waals surface area (Å²) in [5.41, 5.74) is 3.30. The number of ketones is 1. The number of aromatic nitrogens is 2. The number of rotatable bonds is 8. The van der Waals surface area contributed by atoms with E-state index in [4.69, 9.17) is 5.41 Å². The molecule has 29 heavy (non-hydrogen) atoms. The van der Waals surface area contributed by atoms with Crippen LogP contribution in [-0.4, -0.2) is 26.7 Å². The van der Waals surface area contributed by atoms with Crippen molar-refractivity contribution in [2.45, 2.75) is 25.8 Å². The first kappa shape index (κ1) is 20.2. The number of hydrogen-bond acceptors (Lipinski definition) is 4. The van der Waals surface area contributed by atoms with Crippen LogP contribution in [0.3, 0.4) is 0 Å². The zero-order chi connectivity index (χ0) is 20.8. The number of carbonyl (C=O) groups excluding carboxylic acids is 1. The second-order valence-electron chi connectivity index (χ2n) is 6.82. The van der Waals surface area contributed by atoms with E-state index in [1.165, 1.54) is 23.8 Å². The Balaban J connectivity index is 1.86. The normalized spacial score (nSPS) is 12.6. The minimum absolute atomic E-state index is 0.0484. The van der Waals surface area contributed by atoms with Crippen LogP contribution in [0.4, 0.5) is 4.39 Å². The van der Waals surface area contributed by atoms with Crippen molar-refractivity contribution in [2.75, 3.05) is 0 Å². The van der Waals surface area contributed by atoms with Crippen molar-refractivity contribution in [3.05, 3.63) is 95.0 Å². The van der Waals surface area contributed by atoms with E-state index in [1.54, 1.807) is 24.5 Å². The predicted octanol–water partition coefficient (Wildman–Crippen LogP) is 4.67. The van der Waals surface area contributed by atoms with Crippen LogP contribution in [0.2, 0.25) is 0 Å². The highest BCUT2D eigenvalue weighted by atomic mass is 19.1. The maximum atomic E-state index is 13.4. The Labute approximate surface area is 168 Å². The molecule has 0 aliphatic heterocycles. The number of hydrogen-bond donors (Lipinski definition) is 2. The lowest BCUT2D eigenvalue weighted by atomic mass is 9.88. The van der Waals surface area contributed by atoms with Crippen LogP contribution in [0.5, 0.6) is 0 Å². The molecule has 0 fully saturated rings. The molecule has 0 bridgehead atoms. The van der Waals surface area contributed by atoms with Crippen LogP contribution in [-0.2, 0) is 11.3 Å². The van der Waals surface area contributed by atoms with Gasteiger partial charge in [-0.3, -0.25) is 4.79 Å². The molecule has 5 nitrogen and oxygen atoms in total. The lowest BCUT2D eigenvalue weighted by Crippen LogP contribution is -2.09. The van der Waals surface area contributed by atoms with Crippen molar-refractivity contribution in [1.29, 1.82) is 5.41 Å². The van der Waals surface area contributed by atoms with Crippen molar-refractivity contribution in [1.82, 2.24) is 9.55 Å². The van der Waals surface area contributed by atoms with Gasteiger partial charge in [0.15, 0.2) is 5.76 Å². The molecule has 1 heterocycles. The molecule has 1 aromatic heterocycles. The van der Waals surface area contributed by atoms with Gasteiger partial charge >= 0.3 is 0 Å². The summed E-state index contributed by atoms with van der Waals surface area (Å²) in [6.07, 6.45) is 5.88. The van der Waals surface area contributed by atoms with Gasteiger partial charge in [0.2, 0.25) is 5.78 Å². The molecule has 2 aromatic carbocycles. The Bertz CT molecular complexity index is 976. The van der Waals surface area contributed by atoms with Crippen molar-refractivity contribution in [3.63, 3.8) is 0 Å². The Kier molecular flexibility index (Phi) is 6.34. The zero-order valence-corrected chi connectivity index (χ0v) is 16.0. The van der Waals surface area contributed by atoms with Gasteiger partial charge in [-0.2, -0.15) is 0 Å². The Hall–Kier alpha value is -3.54. The SMILES string of the molecule is Cc1ccc([C@@H](CCn2ccnc2/C=C(\O)C(=O)C=N)c2ccc(F)cc2)cc1. The van der Waals surface area contributed by atoms with E-state index >= 15 is 0 Å². The summed E-state index contributed by atoms with van der Waals surface area (Å²) in [6.45, 7) is 2.61. The monoisotopic (exact) mass is 391 g/mol. The van der Waals surface area contributed by atoms with Crippen molar-refractivity contribution in [2.24, 2.45) is 0 Å². The molecule has 6 heteroatoms. The number of nitrogens with zero attached hydrogens (tertiary/aromatic N) is 2. The lowest BCUT2D eigenvalue weighted by molar-refractivity contribution is -0.111. The third-order valence-electron chi connectivity index (χ3n) is 4.81. The summed E-state index contributed by atoms with van der Waals surface area (Å²) in [5, 5.41) is 16.7. The Morgan fingerprint density at radius 2 is 1.79 bits per heavy atom. The van der Waals surface area contributed by atoms with Gasteiger partial charge in [-0.1, -0.05) is 42.0 Å². The molecule has 0 spiro atoms. The van der Waals surface area contributed by atoms with Crippen LogP contribution >= 0.6 is 0 Å². The van der Waals surface area contributed by atoms with E-state index < -0.39 is 11.5 Å². The number of imidazole rings is 1. The topological polar surface area (TPSA) is 79.0 Å². The van der Waals surface area contributed by atoms with Crippen LogP contribution in [0, 0.1) is 18.2 Å². The highest BCUT2D eigenvalue weighted by molar-refractivity contribution is 6.34. The van der Waals surface area contributed by atoms with Gasteiger partial charge in [-0.15, -0.1) is 0 Å². The molecule has 0 amide bonds. The summed E-state index contributed by atoms with van der Waals surface area (Å²) in [5.74, 6) is -1.10. The molecular formula is C23H22FN3O2. The number of allylic oxidation sites excluding steroid dienone is 1. The number of carbonyl (C=O) groups is 1. The molecule has 0 aliphatic rings. The molecule has 2 N–H and O–H groups in total. The summed E-state index contributed by atoms with van der Waals surface area (Å²) >= 11 is 0. The first-order valence-corrected chi connectivity index (χ1v) is 9.26. The maximum absolute atomic E-state index is 13.4. The number of aliphatic hydroxyl groups is 1. The summed E-state index contributed by atoms with van der Waals surface area (Å²) in [6, 6.07) is 14.8. The van der Waals surface area contributed by atoms with Crippen molar-refractivity contribution < 1.29 is 14.3 Å². The number of aryl methyl sites for hydroxylation is 2. The molecule has 0 saturated carbocycles. The minimum atomic E-state index is -0.775. The highest BCUT2D eigenvalue weighted by Crippen LogP contribution is 2.29. The fourth-order valence-corrected chi connectivity index (χ4v) is 3.21.